The molecule has 0 spiro atoms. The molecule has 19 heteroatoms. The zero-order valence-corrected chi connectivity index (χ0v) is 19.4. The van der Waals surface area contributed by atoms with Gasteiger partial charge in [0.15, 0.2) is 29.0 Å². The van der Waals surface area contributed by atoms with Crippen LogP contribution in [0.1, 0.15) is 24.0 Å². The van der Waals surface area contributed by atoms with Crippen LogP contribution >= 0.6 is 0 Å². The first-order valence-corrected chi connectivity index (χ1v) is 9.72. The van der Waals surface area contributed by atoms with Gasteiger partial charge in [-0.2, -0.15) is 43.9 Å². The number of carboxylic acid groups (broad SMARTS) is 1. The number of aliphatic carboxylic acids is 1. The Hall–Kier alpha value is -4.32. The lowest BCUT2D eigenvalue weighted by Crippen LogP contribution is -2.21. The number of carbonyl (C=O) groups excluding carboxylic acids is 1. The topological polar surface area (TPSA) is 83.8 Å². The molecule has 0 saturated carbocycles. The standard InChI is InChI=1S/C11H5F7O2.C8H4F4O.C3H3F3O2/c1-2-4-6(12)8(14)10(9(15)7(4)13)20-5(19)3-11(16,17)18;1-2-3-4(9)6(11)8(13)7(12)5(3)10;4-3(5,6)1-2(7)8/h2H,1,3H2;2,13H,1H2;1H2,(H,7,8). The van der Waals surface area contributed by atoms with Gasteiger partial charge in [0.2, 0.25) is 29.0 Å². The Bertz CT molecular complexity index is 1260. The van der Waals surface area contributed by atoms with Gasteiger partial charge in [-0.05, 0) is 0 Å². The summed E-state index contributed by atoms with van der Waals surface area (Å²) in [6, 6.07) is 0. The van der Waals surface area contributed by atoms with Crippen LogP contribution in [0.3, 0.4) is 0 Å². The molecule has 0 unspecified atom stereocenters. The summed E-state index contributed by atoms with van der Waals surface area (Å²) in [5.74, 6) is -22.6. The highest BCUT2D eigenvalue weighted by atomic mass is 19.4. The molecule has 0 aliphatic carbocycles. The van der Waals surface area contributed by atoms with Crippen molar-refractivity contribution in [3.63, 3.8) is 0 Å². The lowest BCUT2D eigenvalue weighted by atomic mass is 10.1. The van der Waals surface area contributed by atoms with E-state index in [1.165, 1.54) is 0 Å². The van der Waals surface area contributed by atoms with Crippen molar-refractivity contribution in [2.24, 2.45) is 0 Å². The Kier molecular flexibility index (Phi) is 12.8. The third kappa shape index (κ3) is 10.6. The summed E-state index contributed by atoms with van der Waals surface area (Å²) in [5.41, 5.74) is -2.11. The summed E-state index contributed by atoms with van der Waals surface area (Å²) in [7, 11) is 0. The van der Waals surface area contributed by atoms with E-state index in [2.05, 4.69) is 17.9 Å². The number of phenols is 1. The summed E-state index contributed by atoms with van der Waals surface area (Å²) in [5, 5.41) is 16.1. The highest BCUT2D eigenvalue weighted by Crippen LogP contribution is 2.32. The van der Waals surface area contributed by atoms with Crippen molar-refractivity contribution in [1.29, 1.82) is 0 Å². The number of ether oxygens (including phenoxy) is 1. The van der Waals surface area contributed by atoms with Gasteiger partial charge in [-0.25, -0.2) is 17.6 Å². The van der Waals surface area contributed by atoms with Gasteiger partial charge in [-0.1, -0.05) is 25.3 Å². The van der Waals surface area contributed by atoms with E-state index in [1.807, 2.05) is 0 Å². The van der Waals surface area contributed by atoms with E-state index in [9.17, 15) is 71.1 Å². The third-order valence-electron chi connectivity index (χ3n) is 3.85. The van der Waals surface area contributed by atoms with E-state index in [0.717, 1.165) is 0 Å². The fourth-order valence-electron chi connectivity index (χ4n) is 2.20. The Labute approximate surface area is 218 Å². The third-order valence-corrected chi connectivity index (χ3v) is 3.85. The van der Waals surface area contributed by atoms with Gasteiger partial charge in [0.05, 0.1) is 11.1 Å². The Morgan fingerprint density at radius 2 is 0.951 bits per heavy atom. The first kappa shape index (κ1) is 36.7. The molecule has 228 valence electrons. The molecule has 2 aromatic carbocycles. The van der Waals surface area contributed by atoms with Crippen molar-refractivity contribution < 1.29 is 86.0 Å². The molecule has 0 atom stereocenters. The molecule has 2 N–H and O–H groups in total. The van der Waals surface area contributed by atoms with Crippen molar-refractivity contribution >= 4 is 24.1 Å². The van der Waals surface area contributed by atoms with E-state index in [4.69, 9.17) is 10.2 Å². The molecule has 0 heterocycles. The van der Waals surface area contributed by atoms with Crippen molar-refractivity contribution in [2.75, 3.05) is 0 Å². The van der Waals surface area contributed by atoms with Crippen LogP contribution in [-0.2, 0) is 9.59 Å². The number of benzene rings is 2. The van der Waals surface area contributed by atoms with Crippen molar-refractivity contribution in [2.45, 2.75) is 25.2 Å². The van der Waals surface area contributed by atoms with Crippen LogP contribution in [0, 0.1) is 46.5 Å². The average molecular weight is 622 g/mol. The van der Waals surface area contributed by atoms with Gasteiger partial charge in [0.1, 0.15) is 12.8 Å². The summed E-state index contributed by atoms with van der Waals surface area (Å²) < 4.78 is 175. The molecule has 0 fully saturated rings. The minimum atomic E-state index is -5.00. The van der Waals surface area contributed by atoms with Gasteiger partial charge in [0, 0.05) is 0 Å². The summed E-state index contributed by atoms with van der Waals surface area (Å²) in [6.45, 7) is 5.87. The van der Waals surface area contributed by atoms with Crippen LogP contribution in [0.25, 0.3) is 12.2 Å². The summed E-state index contributed by atoms with van der Waals surface area (Å²) in [4.78, 5) is 20.1. The molecule has 0 saturated heterocycles. The maximum absolute atomic E-state index is 13.3. The number of carbonyl (C=O) groups is 2. The molecule has 5 nitrogen and oxygen atoms in total. The molecule has 2 rings (SSSR count). The van der Waals surface area contributed by atoms with Gasteiger partial charge < -0.3 is 14.9 Å². The van der Waals surface area contributed by atoms with Crippen LogP contribution in [0.2, 0.25) is 0 Å². The number of carboxylic acids is 1. The number of esters is 1. The predicted octanol–water partition coefficient (Wildman–Crippen LogP) is 7.36. The van der Waals surface area contributed by atoms with E-state index in [0.29, 0.717) is 12.2 Å². The fraction of sp³-hybridized carbons (Fsp3) is 0.182. The zero-order chi connectivity index (χ0) is 32.6. The van der Waals surface area contributed by atoms with E-state index in [1.54, 1.807) is 0 Å². The highest BCUT2D eigenvalue weighted by Gasteiger charge is 2.35. The molecule has 0 aliphatic rings. The Morgan fingerprint density at radius 1 is 0.634 bits per heavy atom. The van der Waals surface area contributed by atoms with Crippen LogP contribution in [0.5, 0.6) is 11.5 Å². The quantitative estimate of drug-likeness (QED) is 0.158. The number of rotatable bonds is 5. The number of alkyl halides is 6. The largest absolute Gasteiger partial charge is 0.503 e. The van der Waals surface area contributed by atoms with Crippen molar-refractivity contribution in [3.05, 3.63) is 70.8 Å². The fourth-order valence-corrected chi connectivity index (χ4v) is 2.20. The van der Waals surface area contributed by atoms with E-state index in [-0.39, 0.29) is 0 Å². The molecule has 41 heavy (non-hydrogen) atoms. The Morgan fingerprint density at radius 3 is 1.20 bits per heavy atom. The number of phenolic OH excluding ortho intramolecular Hbond substituents is 1. The highest BCUT2D eigenvalue weighted by molar-refractivity contribution is 5.73. The first-order valence-electron chi connectivity index (χ1n) is 9.72. The molecular weight excluding hydrogens is 610 g/mol. The second kappa shape index (κ2) is 14.4. The molecular formula is C22H12F14O5. The number of halogens is 14. The van der Waals surface area contributed by atoms with Gasteiger partial charge in [0.25, 0.3) is 0 Å². The number of hydrogen-bond donors (Lipinski definition) is 2. The molecule has 0 bridgehead atoms. The van der Waals surface area contributed by atoms with Crippen molar-refractivity contribution in [1.82, 2.24) is 0 Å². The summed E-state index contributed by atoms with van der Waals surface area (Å²) in [6.07, 6.45) is -12.4. The average Bonchev–Trinajstić information content (AvgIpc) is 2.82. The van der Waals surface area contributed by atoms with Crippen LogP contribution in [-0.4, -0.2) is 34.5 Å². The lowest BCUT2D eigenvalue weighted by Gasteiger charge is -2.11. The zero-order valence-electron chi connectivity index (χ0n) is 19.4. The molecule has 0 aliphatic heterocycles. The van der Waals surface area contributed by atoms with Gasteiger partial charge >= 0.3 is 24.3 Å². The molecule has 0 aromatic heterocycles. The molecule has 0 amide bonds. The maximum atomic E-state index is 13.3. The van der Waals surface area contributed by atoms with Crippen molar-refractivity contribution in [3.8, 4) is 11.5 Å². The van der Waals surface area contributed by atoms with Gasteiger partial charge in [-0.3, -0.25) is 9.59 Å². The monoisotopic (exact) mass is 622 g/mol. The smallest absolute Gasteiger partial charge is 0.399 e. The second-order valence-electron chi connectivity index (χ2n) is 6.88. The molecule has 0 radical (unpaired) electrons. The van der Waals surface area contributed by atoms with Gasteiger partial charge in [-0.15, -0.1) is 0 Å². The first-order chi connectivity index (χ1) is 18.5. The number of hydrogen-bond acceptors (Lipinski definition) is 4. The minimum absolute atomic E-state index is 0.456. The minimum Gasteiger partial charge on any atom is -0.503 e. The molecule has 2 aromatic rings. The second-order valence-corrected chi connectivity index (χ2v) is 6.88. The van der Waals surface area contributed by atoms with Crippen LogP contribution in [0.4, 0.5) is 61.5 Å². The SMILES string of the molecule is C=Cc1c(F)c(F)c(O)c(F)c1F.C=Cc1c(F)c(F)c(OC(=O)CC(F)(F)F)c(F)c1F.O=C(O)CC(F)(F)F. The van der Waals surface area contributed by atoms with Crippen LogP contribution in [0.15, 0.2) is 13.2 Å². The predicted molar refractivity (Wildman–Crippen MR) is 109 cm³/mol. The Balaban J connectivity index is 0.000000652. The maximum Gasteiger partial charge on any atom is 0.399 e. The number of aromatic hydroxyl groups is 1. The summed E-state index contributed by atoms with van der Waals surface area (Å²) >= 11 is 0. The van der Waals surface area contributed by atoms with Crippen LogP contribution < -0.4 is 4.74 Å². The van der Waals surface area contributed by atoms with E-state index >= 15 is 0 Å². The normalized spacial score (nSPS) is 11.0. The van der Waals surface area contributed by atoms with E-state index < -0.39 is 106 Å². The lowest BCUT2D eigenvalue weighted by molar-refractivity contribution is -0.167.